The molecule has 0 fully saturated rings. The Labute approximate surface area is 115 Å². The monoisotopic (exact) mass is 293 g/mol. The maximum absolute atomic E-state index is 11.3. The van der Waals surface area contributed by atoms with Gasteiger partial charge in [0.1, 0.15) is 17.2 Å². The molecule has 1 aromatic carbocycles. The molecule has 2 aromatic rings. The summed E-state index contributed by atoms with van der Waals surface area (Å²) in [5.41, 5.74) is -0.0789. The van der Waals surface area contributed by atoms with Gasteiger partial charge < -0.3 is 9.84 Å². The average molecular weight is 293 g/mol. The Bertz CT molecular complexity index is 720. The van der Waals surface area contributed by atoms with Crippen LogP contribution in [0, 0.1) is 0 Å². The van der Waals surface area contributed by atoms with Crippen molar-refractivity contribution in [2.45, 2.75) is 4.90 Å². The van der Waals surface area contributed by atoms with Crippen LogP contribution in [-0.2, 0) is 9.84 Å². The fraction of sp³-hybridized carbons (Fsp3) is 0.0769. The van der Waals surface area contributed by atoms with Gasteiger partial charge in [-0.15, -0.1) is 0 Å². The third-order valence-corrected chi connectivity index (χ3v) is 3.57. The van der Waals surface area contributed by atoms with Crippen molar-refractivity contribution in [2.75, 3.05) is 6.26 Å². The number of benzene rings is 1. The van der Waals surface area contributed by atoms with Crippen LogP contribution in [-0.4, -0.2) is 30.7 Å². The maximum atomic E-state index is 11.3. The van der Waals surface area contributed by atoms with Gasteiger partial charge in [0, 0.05) is 6.26 Å². The van der Waals surface area contributed by atoms with Crippen LogP contribution < -0.4 is 4.74 Å². The van der Waals surface area contributed by atoms with Gasteiger partial charge >= 0.3 is 5.97 Å². The zero-order valence-corrected chi connectivity index (χ0v) is 11.3. The van der Waals surface area contributed by atoms with Gasteiger partial charge in [-0.3, -0.25) is 0 Å². The van der Waals surface area contributed by atoms with Crippen molar-refractivity contribution in [1.29, 1.82) is 0 Å². The van der Waals surface area contributed by atoms with Gasteiger partial charge in [0.15, 0.2) is 9.84 Å². The minimum atomic E-state index is -3.24. The van der Waals surface area contributed by atoms with Crippen molar-refractivity contribution in [3.63, 3.8) is 0 Å². The van der Waals surface area contributed by atoms with Gasteiger partial charge in [-0.05, 0) is 36.4 Å². The largest absolute Gasteiger partial charge is 0.477 e. The third-order valence-electron chi connectivity index (χ3n) is 2.44. The Hall–Kier alpha value is -2.41. The van der Waals surface area contributed by atoms with Crippen LogP contribution in [0.3, 0.4) is 0 Å². The number of sulfone groups is 1. The highest BCUT2D eigenvalue weighted by molar-refractivity contribution is 7.90. The summed E-state index contributed by atoms with van der Waals surface area (Å²) in [6, 6.07) is 8.69. The Morgan fingerprint density at radius 3 is 2.15 bits per heavy atom. The molecular formula is C13H11NO5S. The molecule has 0 aliphatic carbocycles. The summed E-state index contributed by atoms with van der Waals surface area (Å²) >= 11 is 0. The fourth-order valence-corrected chi connectivity index (χ4v) is 2.09. The zero-order chi connectivity index (χ0) is 14.8. The zero-order valence-electron chi connectivity index (χ0n) is 10.5. The molecule has 0 unspecified atom stereocenters. The predicted molar refractivity (Wildman–Crippen MR) is 70.8 cm³/mol. The third kappa shape index (κ3) is 3.33. The molecule has 0 saturated heterocycles. The summed E-state index contributed by atoms with van der Waals surface area (Å²) in [4.78, 5) is 14.6. The van der Waals surface area contributed by atoms with Crippen LogP contribution in [0.4, 0.5) is 0 Å². The van der Waals surface area contributed by atoms with Crippen molar-refractivity contribution in [2.24, 2.45) is 0 Å². The first-order valence-corrected chi connectivity index (χ1v) is 7.43. The van der Waals surface area contributed by atoms with Gasteiger partial charge in [-0.25, -0.2) is 18.2 Å². The van der Waals surface area contributed by atoms with E-state index in [1.807, 2.05) is 0 Å². The molecule has 0 saturated carbocycles. The van der Waals surface area contributed by atoms with E-state index in [1.165, 1.54) is 42.6 Å². The normalized spacial score (nSPS) is 11.1. The molecule has 1 heterocycles. The van der Waals surface area contributed by atoms with E-state index in [9.17, 15) is 13.2 Å². The Balaban J connectivity index is 2.16. The summed E-state index contributed by atoms with van der Waals surface area (Å²) < 4.78 is 28.0. The van der Waals surface area contributed by atoms with Crippen LogP contribution in [0.2, 0.25) is 0 Å². The van der Waals surface area contributed by atoms with Gasteiger partial charge in [0.05, 0.1) is 11.1 Å². The predicted octanol–water partition coefficient (Wildman–Crippen LogP) is 1.98. The van der Waals surface area contributed by atoms with Gasteiger partial charge in [-0.1, -0.05) is 0 Å². The standard InChI is InChI=1S/C13H11NO5S/c1-20(17,18)11-5-2-9(3-6-11)19-10-4-7-12(13(15)16)14-8-10/h2-8H,1H3,(H,15,16). The summed E-state index contributed by atoms with van der Waals surface area (Å²) in [5, 5.41) is 8.71. The number of rotatable bonds is 4. The molecule has 6 nitrogen and oxygen atoms in total. The molecule has 0 aliphatic rings. The summed E-state index contributed by atoms with van der Waals surface area (Å²) in [5.74, 6) is -0.321. The van der Waals surface area contributed by atoms with E-state index in [1.54, 1.807) is 0 Å². The number of carboxylic acids is 1. The molecule has 1 N–H and O–H groups in total. The maximum Gasteiger partial charge on any atom is 0.354 e. The van der Waals surface area contributed by atoms with Crippen LogP contribution in [0.1, 0.15) is 10.5 Å². The molecule has 0 radical (unpaired) electrons. The lowest BCUT2D eigenvalue weighted by atomic mass is 10.3. The molecule has 0 spiro atoms. The molecule has 0 aliphatic heterocycles. The molecule has 1 aromatic heterocycles. The van der Waals surface area contributed by atoms with Crippen LogP contribution in [0.15, 0.2) is 47.5 Å². The minimum Gasteiger partial charge on any atom is -0.477 e. The lowest BCUT2D eigenvalue weighted by molar-refractivity contribution is 0.0690. The molecule has 104 valence electrons. The Morgan fingerprint density at radius 2 is 1.70 bits per heavy atom. The van der Waals surface area contributed by atoms with Crippen molar-refractivity contribution in [1.82, 2.24) is 4.98 Å². The minimum absolute atomic E-state index is 0.0789. The molecular weight excluding hydrogens is 282 g/mol. The highest BCUT2D eigenvalue weighted by Crippen LogP contribution is 2.22. The van der Waals surface area contributed by atoms with Crippen molar-refractivity contribution >= 4 is 15.8 Å². The topological polar surface area (TPSA) is 93.6 Å². The number of hydrogen-bond donors (Lipinski definition) is 1. The SMILES string of the molecule is CS(=O)(=O)c1ccc(Oc2ccc(C(=O)O)nc2)cc1. The summed E-state index contributed by atoms with van der Waals surface area (Å²) in [6.07, 6.45) is 2.41. The fourth-order valence-electron chi connectivity index (χ4n) is 1.46. The molecule has 7 heteroatoms. The number of carboxylic acid groups (broad SMARTS) is 1. The van der Waals surface area contributed by atoms with Crippen molar-refractivity contribution in [3.05, 3.63) is 48.3 Å². The summed E-state index contributed by atoms with van der Waals surface area (Å²) in [7, 11) is -3.24. The van der Waals surface area contributed by atoms with E-state index in [0.717, 1.165) is 6.26 Å². The Kier molecular flexibility index (Phi) is 3.71. The molecule has 2 rings (SSSR count). The van der Waals surface area contributed by atoms with Crippen LogP contribution in [0.25, 0.3) is 0 Å². The van der Waals surface area contributed by atoms with Gasteiger partial charge in [0.25, 0.3) is 0 Å². The number of hydrogen-bond acceptors (Lipinski definition) is 5. The van der Waals surface area contributed by atoms with Gasteiger partial charge in [-0.2, -0.15) is 0 Å². The first-order chi connectivity index (χ1) is 9.36. The average Bonchev–Trinajstić information content (AvgIpc) is 2.39. The van der Waals surface area contributed by atoms with E-state index < -0.39 is 15.8 Å². The lowest BCUT2D eigenvalue weighted by Gasteiger charge is -2.06. The van der Waals surface area contributed by atoms with E-state index in [0.29, 0.717) is 11.5 Å². The number of ether oxygens (including phenoxy) is 1. The Morgan fingerprint density at radius 1 is 1.10 bits per heavy atom. The quantitative estimate of drug-likeness (QED) is 0.926. The van der Waals surface area contributed by atoms with Crippen molar-refractivity contribution in [3.8, 4) is 11.5 Å². The number of pyridine rings is 1. The van der Waals surface area contributed by atoms with E-state index in [-0.39, 0.29) is 10.6 Å². The first kappa shape index (κ1) is 14.0. The second-order valence-corrected chi connectivity index (χ2v) is 6.05. The second kappa shape index (κ2) is 5.30. The van der Waals surface area contributed by atoms with E-state index in [4.69, 9.17) is 9.84 Å². The molecule has 0 atom stereocenters. The van der Waals surface area contributed by atoms with Crippen LogP contribution in [0.5, 0.6) is 11.5 Å². The number of aromatic carboxylic acids is 1. The smallest absolute Gasteiger partial charge is 0.354 e. The number of aromatic nitrogens is 1. The highest BCUT2D eigenvalue weighted by atomic mass is 32.2. The molecule has 0 bridgehead atoms. The van der Waals surface area contributed by atoms with Gasteiger partial charge in [0.2, 0.25) is 0 Å². The molecule has 0 amide bonds. The first-order valence-electron chi connectivity index (χ1n) is 5.53. The highest BCUT2D eigenvalue weighted by Gasteiger charge is 2.08. The second-order valence-electron chi connectivity index (χ2n) is 4.03. The number of carbonyl (C=O) groups is 1. The van der Waals surface area contributed by atoms with Crippen molar-refractivity contribution < 1.29 is 23.1 Å². The molecule has 20 heavy (non-hydrogen) atoms. The number of nitrogens with zero attached hydrogens (tertiary/aromatic N) is 1. The van der Waals surface area contributed by atoms with Crippen LogP contribution >= 0.6 is 0 Å². The lowest BCUT2D eigenvalue weighted by Crippen LogP contribution is -1.99. The summed E-state index contributed by atoms with van der Waals surface area (Å²) in [6.45, 7) is 0. The van der Waals surface area contributed by atoms with E-state index in [2.05, 4.69) is 4.98 Å². The van der Waals surface area contributed by atoms with E-state index >= 15 is 0 Å².